The molecule has 3 rings (SSSR count). The van der Waals surface area contributed by atoms with E-state index in [9.17, 15) is 4.79 Å². The summed E-state index contributed by atoms with van der Waals surface area (Å²) < 4.78 is 12.4. The minimum Gasteiger partial charge on any atom is -0.496 e. The Morgan fingerprint density at radius 2 is 1.91 bits per heavy atom. The Balaban J connectivity index is 1.43. The van der Waals surface area contributed by atoms with Gasteiger partial charge in [0.2, 0.25) is 11.1 Å². The average molecular weight is 456 g/mol. The number of nitrogens with zero attached hydrogens (tertiary/aromatic N) is 3. The van der Waals surface area contributed by atoms with Crippen molar-refractivity contribution in [2.45, 2.75) is 37.9 Å². The number of hydrogen-bond acceptors (Lipinski definition) is 7. The van der Waals surface area contributed by atoms with Gasteiger partial charge in [-0.2, -0.15) is 0 Å². The maximum absolute atomic E-state index is 12.2. The third kappa shape index (κ3) is 6.40. The van der Waals surface area contributed by atoms with Crippen LogP contribution in [0.4, 0.5) is 0 Å². The molecular weight excluding hydrogens is 426 g/mol. The van der Waals surface area contributed by atoms with E-state index < -0.39 is 0 Å². The van der Waals surface area contributed by atoms with Gasteiger partial charge in [-0.25, -0.2) is 4.68 Å². The van der Waals surface area contributed by atoms with E-state index in [-0.39, 0.29) is 18.3 Å². The number of methoxy groups -OCH3 is 1. The fourth-order valence-corrected chi connectivity index (χ4v) is 3.73. The maximum atomic E-state index is 12.2. The molecule has 32 heavy (non-hydrogen) atoms. The highest BCUT2D eigenvalue weighted by Gasteiger charge is 2.13. The number of carbonyl (C=O) groups is 1. The van der Waals surface area contributed by atoms with Crippen molar-refractivity contribution in [3.05, 3.63) is 65.5 Å². The van der Waals surface area contributed by atoms with Gasteiger partial charge in [-0.15, -0.1) is 10.2 Å². The molecule has 1 aromatic heterocycles. The highest BCUT2D eigenvalue weighted by molar-refractivity contribution is 7.99. The Morgan fingerprint density at radius 3 is 2.62 bits per heavy atom. The lowest BCUT2D eigenvalue weighted by Gasteiger charge is -2.09. The van der Waals surface area contributed by atoms with E-state index in [0.717, 1.165) is 17.1 Å². The Bertz CT molecular complexity index is 1020. The quantitative estimate of drug-likeness (QED) is 0.338. The van der Waals surface area contributed by atoms with Gasteiger partial charge in [-0.1, -0.05) is 55.9 Å². The summed E-state index contributed by atoms with van der Waals surface area (Å²) in [7, 11) is 1.64. The number of carbonyl (C=O) groups excluding carboxylic acids is 1. The fourth-order valence-electron chi connectivity index (χ4n) is 3.03. The summed E-state index contributed by atoms with van der Waals surface area (Å²) in [5.74, 6) is 8.67. The molecule has 1 amide bonds. The molecule has 0 fully saturated rings. The summed E-state index contributed by atoms with van der Waals surface area (Å²) in [6, 6.07) is 15.7. The van der Waals surface area contributed by atoms with Crippen LogP contribution in [-0.4, -0.2) is 40.2 Å². The Hall–Kier alpha value is -3.20. The van der Waals surface area contributed by atoms with E-state index in [1.54, 1.807) is 7.11 Å². The summed E-state index contributed by atoms with van der Waals surface area (Å²) in [4.78, 5) is 12.2. The van der Waals surface area contributed by atoms with E-state index in [4.69, 9.17) is 15.3 Å². The minimum atomic E-state index is -0.101. The normalized spacial score (nSPS) is 10.9. The number of thioether (sulfide) groups is 1. The SMILES string of the molecule is COc1ccccc1CCNC(=O)CSc1nnc(COc2ccc(C(C)C)cc2)n1N. The second kappa shape index (κ2) is 11.4. The summed E-state index contributed by atoms with van der Waals surface area (Å²) in [5, 5.41) is 11.5. The third-order valence-corrected chi connectivity index (χ3v) is 5.83. The summed E-state index contributed by atoms with van der Waals surface area (Å²) in [6.07, 6.45) is 0.688. The van der Waals surface area contributed by atoms with E-state index in [0.29, 0.717) is 29.9 Å². The van der Waals surface area contributed by atoms with Crippen molar-refractivity contribution in [3.63, 3.8) is 0 Å². The van der Waals surface area contributed by atoms with Gasteiger partial charge in [0.1, 0.15) is 18.1 Å². The van der Waals surface area contributed by atoms with E-state index in [2.05, 4.69) is 29.4 Å². The van der Waals surface area contributed by atoms with Crippen molar-refractivity contribution in [1.29, 1.82) is 0 Å². The van der Waals surface area contributed by atoms with Crippen LogP contribution in [0.2, 0.25) is 0 Å². The van der Waals surface area contributed by atoms with Gasteiger partial charge in [-0.05, 0) is 41.7 Å². The van der Waals surface area contributed by atoms with Crippen LogP contribution in [0.25, 0.3) is 0 Å². The number of benzene rings is 2. The molecule has 0 saturated carbocycles. The van der Waals surface area contributed by atoms with Crippen molar-refractivity contribution in [2.75, 3.05) is 25.3 Å². The highest BCUT2D eigenvalue weighted by Crippen LogP contribution is 2.20. The molecule has 2 aromatic carbocycles. The van der Waals surface area contributed by atoms with Gasteiger partial charge in [0, 0.05) is 6.54 Å². The zero-order valence-corrected chi connectivity index (χ0v) is 19.4. The zero-order chi connectivity index (χ0) is 22.9. The van der Waals surface area contributed by atoms with E-state index in [1.165, 1.54) is 22.0 Å². The van der Waals surface area contributed by atoms with Crippen LogP contribution in [0.3, 0.4) is 0 Å². The van der Waals surface area contributed by atoms with Crippen molar-refractivity contribution >= 4 is 17.7 Å². The fraction of sp³-hybridized carbons (Fsp3) is 0.348. The number of nitrogen functional groups attached to an aromatic ring is 1. The monoisotopic (exact) mass is 455 g/mol. The van der Waals surface area contributed by atoms with Crippen LogP contribution in [-0.2, 0) is 17.8 Å². The average Bonchev–Trinajstić information content (AvgIpc) is 3.16. The third-order valence-electron chi connectivity index (χ3n) is 4.89. The predicted octanol–water partition coefficient (Wildman–Crippen LogP) is 3.15. The minimum absolute atomic E-state index is 0.101. The molecule has 8 nitrogen and oxygen atoms in total. The Morgan fingerprint density at radius 1 is 1.16 bits per heavy atom. The molecule has 0 unspecified atom stereocenters. The zero-order valence-electron chi connectivity index (χ0n) is 18.6. The lowest BCUT2D eigenvalue weighted by molar-refractivity contribution is -0.118. The Labute approximate surface area is 192 Å². The number of aromatic nitrogens is 3. The van der Waals surface area contributed by atoms with Gasteiger partial charge in [-0.3, -0.25) is 4.79 Å². The number of amides is 1. The van der Waals surface area contributed by atoms with Crippen LogP contribution in [0.15, 0.2) is 53.7 Å². The molecule has 170 valence electrons. The van der Waals surface area contributed by atoms with Crippen LogP contribution in [0.5, 0.6) is 11.5 Å². The summed E-state index contributed by atoms with van der Waals surface area (Å²) in [6.45, 7) is 5.00. The molecule has 9 heteroatoms. The molecule has 3 aromatic rings. The lowest BCUT2D eigenvalue weighted by atomic mass is 10.0. The van der Waals surface area contributed by atoms with E-state index >= 15 is 0 Å². The smallest absolute Gasteiger partial charge is 0.230 e. The molecule has 0 radical (unpaired) electrons. The van der Waals surface area contributed by atoms with Crippen LogP contribution in [0.1, 0.15) is 36.7 Å². The summed E-state index contributed by atoms with van der Waals surface area (Å²) in [5.41, 5.74) is 2.30. The Kier molecular flexibility index (Phi) is 8.38. The van der Waals surface area contributed by atoms with Gasteiger partial charge in [0.15, 0.2) is 5.82 Å². The second-order valence-electron chi connectivity index (χ2n) is 7.48. The van der Waals surface area contributed by atoms with Crippen LogP contribution in [0, 0.1) is 0 Å². The number of para-hydroxylation sites is 1. The van der Waals surface area contributed by atoms with E-state index in [1.807, 2.05) is 48.5 Å². The maximum Gasteiger partial charge on any atom is 0.230 e. The van der Waals surface area contributed by atoms with Crippen molar-refractivity contribution < 1.29 is 14.3 Å². The summed E-state index contributed by atoms with van der Waals surface area (Å²) >= 11 is 1.23. The number of rotatable bonds is 11. The molecule has 0 spiro atoms. The number of nitrogens with two attached hydrogens (primary N) is 1. The molecule has 0 aliphatic rings. The largest absolute Gasteiger partial charge is 0.496 e. The topological polar surface area (TPSA) is 104 Å². The van der Waals surface area contributed by atoms with Gasteiger partial charge in [0.25, 0.3) is 0 Å². The molecular formula is C23H29N5O3S. The van der Waals surface area contributed by atoms with Gasteiger partial charge in [0.05, 0.1) is 12.9 Å². The number of nitrogens with one attached hydrogen (secondary N) is 1. The number of hydrogen-bond donors (Lipinski definition) is 2. The molecule has 0 bridgehead atoms. The van der Waals surface area contributed by atoms with Crippen molar-refractivity contribution in [2.24, 2.45) is 0 Å². The van der Waals surface area contributed by atoms with Crippen LogP contribution < -0.4 is 20.6 Å². The first-order valence-electron chi connectivity index (χ1n) is 10.4. The standard InChI is InChI=1S/C23H29N5O3S/c1-16(2)17-8-10-19(11-9-17)31-14-21-26-27-23(28(21)24)32-15-22(29)25-13-12-18-6-4-5-7-20(18)30-3/h4-11,16H,12-15,24H2,1-3H3,(H,25,29). The van der Waals surface area contributed by atoms with Gasteiger partial charge >= 0.3 is 0 Å². The second-order valence-corrected chi connectivity index (χ2v) is 8.42. The molecule has 0 aliphatic carbocycles. The molecule has 0 saturated heterocycles. The lowest BCUT2D eigenvalue weighted by Crippen LogP contribution is -2.27. The highest BCUT2D eigenvalue weighted by atomic mass is 32.2. The van der Waals surface area contributed by atoms with Gasteiger partial charge < -0.3 is 20.6 Å². The van der Waals surface area contributed by atoms with Crippen molar-refractivity contribution in [1.82, 2.24) is 20.2 Å². The first-order chi connectivity index (χ1) is 15.5. The predicted molar refractivity (Wildman–Crippen MR) is 125 cm³/mol. The first kappa shape index (κ1) is 23.5. The van der Waals surface area contributed by atoms with Crippen LogP contribution >= 0.6 is 11.8 Å². The first-order valence-corrected chi connectivity index (χ1v) is 11.4. The van der Waals surface area contributed by atoms with Crippen molar-refractivity contribution in [3.8, 4) is 11.5 Å². The number of ether oxygens (including phenoxy) is 2. The molecule has 3 N–H and O–H groups in total. The molecule has 0 atom stereocenters. The molecule has 0 aliphatic heterocycles. The molecule has 1 heterocycles.